The zero-order valence-electron chi connectivity index (χ0n) is 13.9. The monoisotopic (exact) mass is 299 g/mol. The number of nitrogens with zero attached hydrogens (tertiary/aromatic N) is 3. The molecule has 1 aliphatic heterocycles. The molecule has 6 heteroatoms. The van der Waals surface area contributed by atoms with Crippen LogP contribution in [0.1, 0.15) is 27.2 Å². The average molecular weight is 299 g/mol. The zero-order valence-corrected chi connectivity index (χ0v) is 13.9. The Hall–Kier alpha value is -1.30. The van der Waals surface area contributed by atoms with E-state index in [0.29, 0.717) is 38.5 Å². The van der Waals surface area contributed by atoms with Crippen LogP contribution in [0.25, 0.3) is 0 Å². The highest BCUT2D eigenvalue weighted by Gasteiger charge is 2.43. The van der Waals surface area contributed by atoms with Gasteiger partial charge in [0.2, 0.25) is 0 Å². The van der Waals surface area contributed by atoms with Gasteiger partial charge >= 0.3 is 12.0 Å². The van der Waals surface area contributed by atoms with Crippen LogP contribution < -0.4 is 0 Å². The zero-order chi connectivity index (χ0) is 16.2. The molecule has 1 unspecified atom stereocenters. The molecule has 0 aromatic rings. The normalized spacial score (nSPS) is 22.1. The standard InChI is InChI=1S/C15H29N3O3/c1-12(2)10-17(9-8-16(4)5)14(21)18-7-6-15(3,11-18)13(19)20/h12H,6-11H2,1-5H3,(H,19,20). The van der Waals surface area contributed by atoms with Gasteiger partial charge in [0.25, 0.3) is 0 Å². The van der Waals surface area contributed by atoms with Gasteiger partial charge in [0, 0.05) is 32.7 Å². The van der Waals surface area contributed by atoms with E-state index in [9.17, 15) is 14.7 Å². The lowest BCUT2D eigenvalue weighted by molar-refractivity contribution is -0.147. The minimum absolute atomic E-state index is 0.0319. The Kier molecular flexibility index (Phi) is 6.01. The second-order valence-electron chi connectivity index (χ2n) is 6.96. The summed E-state index contributed by atoms with van der Waals surface area (Å²) < 4.78 is 0. The van der Waals surface area contributed by atoms with E-state index < -0.39 is 11.4 Å². The van der Waals surface area contributed by atoms with E-state index in [4.69, 9.17) is 0 Å². The molecular weight excluding hydrogens is 270 g/mol. The highest BCUT2D eigenvalue weighted by Crippen LogP contribution is 2.30. The number of urea groups is 1. The van der Waals surface area contributed by atoms with Gasteiger partial charge in [-0.1, -0.05) is 13.8 Å². The second-order valence-corrected chi connectivity index (χ2v) is 6.96. The van der Waals surface area contributed by atoms with Crippen molar-refractivity contribution in [3.05, 3.63) is 0 Å². The van der Waals surface area contributed by atoms with Crippen LogP contribution in [0.2, 0.25) is 0 Å². The van der Waals surface area contributed by atoms with Gasteiger partial charge in [0.15, 0.2) is 0 Å². The first-order chi connectivity index (χ1) is 9.65. The molecule has 122 valence electrons. The van der Waals surface area contributed by atoms with Crippen molar-refractivity contribution in [3.63, 3.8) is 0 Å². The minimum atomic E-state index is -0.818. The van der Waals surface area contributed by atoms with Crippen LogP contribution in [0.5, 0.6) is 0 Å². The first kappa shape index (κ1) is 17.8. The van der Waals surface area contributed by atoms with Crippen molar-refractivity contribution in [1.29, 1.82) is 0 Å². The van der Waals surface area contributed by atoms with Crippen molar-refractivity contribution < 1.29 is 14.7 Å². The molecular formula is C15H29N3O3. The van der Waals surface area contributed by atoms with E-state index in [1.807, 2.05) is 23.9 Å². The van der Waals surface area contributed by atoms with Gasteiger partial charge in [0.1, 0.15) is 0 Å². The summed E-state index contributed by atoms with van der Waals surface area (Å²) in [6.45, 7) is 8.90. The smallest absolute Gasteiger partial charge is 0.320 e. The van der Waals surface area contributed by atoms with Gasteiger partial charge in [-0.15, -0.1) is 0 Å². The molecule has 21 heavy (non-hydrogen) atoms. The predicted octanol–water partition coefficient (Wildman–Crippen LogP) is 1.42. The maximum Gasteiger partial charge on any atom is 0.320 e. The first-order valence-electron chi connectivity index (χ1n) is 7.57. The van der Waals surface area contributed by atoms with Gasteiger partial charge < -0.3 is 19.8 Å². The fourth-order valence-electron chi connectivity index (χ4n) is 2.53. The number of carboxylic acids is 1. The van der Waals surface area contributed by atoms with Gasteiger partial charge in [0.05, 0.1) is 5.41 Å². The number of carboxylic acid groups (broad SMARTS) is 1. The van der Waals surface area contributed by atoms with Crippen molar-refractivity contribution in [2.75, 3.05) is 46.8 Å². The number of likely N-dealkylation sites (N-methyl/N-ethyl adjacent to an activating group) is 1. The van der Waals surface area contributed by atoms with Crippen LogP contribution >= 0.6 is 0 Å². The number of amides is 2. The van der Waals surface area contributed by atoms with E-state index in [0.717, 1.165) is 6.54 Å². The number of carbonyl (C=O) groups excluding carboxylic acids is 1. The number of hydrogen-bond donors (Lipinski definition) is 1. The lowest BCUT2D eigenvalue weighted by Gasteiger charge is -2.31. The summed E-state index contributed by atoms with van der Waals surface area (Å²) >= 11 is 0. The Morgan fingerprint density at radius 2 is 1.90 bits per heavy atom. The summed E-state index contributed by atoms with van der Waals surface area (Å²) in [6.07, 6.45) is 0.525. The number of likely N-dealkylation sites (tertiary alicyclic amines) is 1. The van der Waals surface area contributed by atoms with Crippen LogP contribution in [0.4, 0.5) is 4.79 Å². The molecule has 1 atom stereocenters. The van der Waals surface area contributed by atoms with Gasteiger partial charge in [-0.3, -0.25) is 4.79 Å². The third-order valence-electron chi connectivity index (χ3n) is 3.93. The molecule has 0 saturated carbocycles. The molecule has 1 fully saturated rings. The molecule has 1 heterocycles. The first-order valence-corrected chi connectivity index (χ1v) is 7.57. The van der Waals surface area contributed by atoms with Crippen molar-refractivity contribution in [2.24, 2.45) is 11.3 Å². The molecule has 1 saturated heterocycles. The van der Waals surface area contributed by atoms with E-state index >= 15 is 0 Å². The Morgan fingerprint density at radius 3 is 2.33 bits per heavy atom. The van der Waals surface area contributed by atoms with Crippen molar-refractivity contribution >= 4 is 12.0 Å². The molecule has 2 amide bonds. The number of carbonyl (C=O) groups is 2. The van der Waals surface area contributed by atoms with E-state index in [-0.39, 0.29) is 6.03 Å². The highest BCUT2D eigenvalue weighted by atomic mass is 16.4. The molecule has 0 aromatic carbocycles. The largest absolute Gasteiger partial charge is 0.481 e. The minimum Gasteiger partial charge on any atom is -0.481 e. The number of hydrogen-bond acceptors (Lipinski definition) is 3. The Morgan fingerprint density at radius 1 is 1.29 bits per heavy atom. The topological polar surface area (TPSA) is 64.1 Å². The van der Waals surface area contributed by atoms with Crippen molar-refractivity contribution in [3.8, 4) is 0 Å². The third kappa shape index (κ3) is 4.88. The summed E-state index contributed by atoms with van der Waals surface area (Å²) in [5, 5.41) is 9.27. The maximum absolute atomic E-state index is 12.6. The van der Waals surface area contributed by atoms with Gasteiger partial charge in [-0.2, -0.15) is 0 Å². The number of aliphatic carboxylic acids is 1. The summed E-state index contributed by atoms with van der Waals surface area (Å²) in [4.78, 5) is 29.5. The van der Waals surface area contributed by atoms with E-state index in [1.165, 1.54) is 0 Å². The number of rotatable bonds is 6. The van der Waals surface area contributed by atoms with Crippen LogP contribution in [-0.2, 0) is 4.79 Å². The maximum atomic E-state index is 12.6. The Balaban J connectivity index is 2.70. The SMILES string of the molecule is CC(C)CN(CCN(C)C)C(=O)N1CCC(C)(C(=O)O)C1. The quantitative estimate of drug-likeness (QED) is 0.806. The fraction of sp³-hybridized carbons (Fsp3) is 0.867. The molecule has 1 rings (SSSR count). The highest BCUT2D eigenvalue weighted by molar-refractivity contribution is 5.79. The lowest BCUT2D eigenvalue weighted by atomic mass is 9.90. The van der Waals surface area contributed by atoms with E-state index in [2.05, 4.69) is 13.8 Å². The van der Waals surface area contributed by atoms with E-state index in [1.54, 1.807) is 11.8 Å². The predicted molar refractivity (Wildman–Crippen MR) is 82.3 cm³/mol. The van der Waals surface area contributed by atoms with Crippen LogP contribution in [-0.4, -0.2) is 78.6 Å². The fourth-order valence-corrected chi connectivity index (χ4v) is 2.53. The summed E-state index contributed by atoms with van der Waals surface area (Å²) in [7, 11) is 3.96. The van der Waals surface area contributed by atoms with Crippen LogP contribution in [0.15, 0.2) is 0 Å². The molecule has 6 nitrogen and oxygen atoms in total. The average Bonchev–Trinajstić information content (AvgIpc) is 2.77. The molecule has 1 N–H and O–H groups in total. The summed E-state index contributed by atoms with van der Waals surface area (Å²) in [5.41, 5.74) is -0.805. The van der Waals surface area contributed by atoms with Gasteiger partial charge in [-0.25, -0.2) is 4.79 Å². The van der Waals surface area contributed by atoms with Crippen LogP contribution in [0.3, 0.4) is 0 Å². The van der Waals surface area contributed by atoms with Crippen LogP contribution in [0, 0.1) is 11.3 Å². The lowest BCUT2D eigenvalue weighted by Crippen LogP contribution is -2.47. The molecule has 0 spiro atoms. The Bertz CT molecular complexity index is 384. The Labute approximate surface area is 127 Å². The molecule has 0 radical (unpaired) electrons. The summed E-state index contributed by atoms with van der Waals surface area (Å²) in [6, 6.07) is -0.0319. The molecule has 0 bridgehead atoms. The molecule has 1 aliphatic rings. The second kappa shape index (κ2) is 7.11. The van der Waals surface area contributed by atoms with Gasteiger partial charge in [-0.05, 0) is 33.4 Å². The molecule has 0 aliphatic carbocycles. The van der Waals surface area contributed by atoms with Crippen molar-refractivity contribution in [2.45, 2.75) is 27.2 Å². The summed E-state index contributed by atoms with van der Waals surface area (Å²) in [5.74, 6) is -0.425. The third-order valence-corrected chi connectivity index (χ3v) is 3.93. The molecule has 0 aromatic heterocycles. The van der Waals surface area contributed by atoms with Crippen molar-refractivity contribution in [1.82, 2.24) is 14.7 Å².